The minimum atomic E-state index is -0.493. The first-order valence-corrected chi connectivity index (χ1v) is 10.00. The summed E-state index contributed by atoms with van der Waals surface area (Å²) in [5.74, 6) is 1.85. The second-order valence-electron chi connectivity index (χ2n) is 8.15. The molecular weight excluding hydrogens is 369 g/mol. The van der Waals surface area contributed by atoms with E-state index in [9.17, 15) is 0 Å². The number of aromatic nitrogens is 1. The lowest BCUT2D eigenvalue weighted by Crippen LogP contribution is -2.41. The predicted molar refractivity (Wildman–Crippen MR) is 113 cm³/mol. The largest absolute Gasteiger partial charge is 0.497 e. The van der Waals surface area contributed by atoms with Crippen molar-refractivity contribution in [1.82, 2.24) is 4.98 Å². The maximum atomic E-state index is 6.13. The van der Waals surface area contributed by atoms with Crippen LogP contribution in [-0.2, 0) is 15.9 Å². The fourth-order valence-corrected chi connectivity index (χ4v) is 2.85. The Balaban J connectivity index is 1.77. The van der Waals surface area contributed by atoms with Crippen LogP contribution in [0, 0.1) is 0 Å². The van der Waals surface area contributed by atoms with Crippen LogP contribution in [0.2, 0.25) is 0 Å². The van der Waals surface area contributed by atoms with Gasteiger partial charge in [-0.2, -0.15) is 0 Å². The number of hydrogen-bond acceptors (Lipinski definition) is 6. The van der Waals surface area contributed by atoms with Gasteiger partial charge in [-0.25, -0.2) is 4.98 Å². The van der Waals surface area contributed by atoms with Crippen LogP contribution in [0.5, 0.6) is 17.4 Å². The van der Waals surface area contributed by atoms with E-state index in [0.717, 1.165) is 23.2 Å². The molecule has 1 aromatic heterocycles. The molecule has 2 heterocycles. The summed E-state index contributed by atoms with van der Waals surface area (Å²) in [6.45, 7) is 11.1. The Hall–Kier alpha value is -2.25. The molecular formula is C22H30BNO5. The van der Waals surface area contributed by atoms with Crippen LogP contribution in [-0.4, -0.2) is 37.0 Å². The van der Waals surface area contributed by atoms with Gasteiger partial charge >= 0.3 is 7.12 Å². The van der Waals surface area contributed by atoms with Crippen molar-refractivity contribution in [3.05, 3.63) is 42.1 Å². The molecule has 156 valence electrons. The van der Waals surface area contributed by atoms with Gasteiger partial charge in [0, 0.05) is 11.7 Å². The zero-order valence-electron chi connectivity index (χ0n) is 18.2. The number of pyridine rings is 1. The third-order valence-corrected chi connectivity index (χ3v) is 5.36. The number of rotatable bonds is 8. The number of benzene rings is 1. The molecule has 3 rings (SSSR count). The monoisotopic (exact) mass is 399 g/mol. The maximum Gasteiger partial charge on any atom is 0.496 e. The summed E-state index contributed by atoms with van der Waals surface area (Å²) < 4.78 is 29.3. The maximum absolute atomic E-state index is 6.13. The summed E-state index contributed by atoms with van der Waals surface area (Å²) in [6.07, 6.45) is 2.61. The van der Waals surface area contributed by atoms with Crippen molar-refractivity contribution in [2.45, 2.75) is 58.8 Å². The van der Waals surface area contributed by atoms with Gasteiger partial charge in [0.1, 0.15) is 12.4 Å². The quantitative estimate of drug-likeness (QED) is 0.630. The minimum absolute atomic E-state index is 0.384. The molecule has 0 bridgehead atoms. The van der Waals surface area contributed by atoms with Gasteiger partial charge in [0.25, 0.3) is 5.88 Å². The molecule has 0 aliphatic carbocycles. The Bertz CT molecular complexity index is 806. The topological polar surface area (TPSA) is 59.0 Å². The van der Waals surface area contributed by atoms with Crippen LogP contribution in [0.4, 0.5) is 0 Å². The molecule has 6 nitrogen and oxygen atoms in total. The highest BCUT2D eigenvalue weighted by Crippen LogP contribution is 2.37. The molecule has 0 N–H and O–H groups in total. The second kappa shape index (κ2) is 8.63. The standard InChI is InChI=1S/C22H30BNO5/c1-7-12-26-19-13-17(23-28-21(2,3)22(4,5)29-23)14-24-20(19)27-15-16-8-10-18(25-6)11-9-16/h8-11,13-14H,7,12,15H2,1-6H3. The zero-order valence-corrected chi connectivity index (χ0v) is 18.2. The van der Waals surface area contributed by atoms with Crippen molar-refractivity contribution >= 4 is 12.6 Å². The molecule has 0 saturated carbocycles. The summed E-state index contributed by atoms with van der Waals surface area (Å²) in [6, 6.07) is 9.63. The van der Waals surface area contributed by atoms with Crippen LogP contribution >= 0.6 is 0 Å². The summed E-state index contributed by atoms with van der Waals surface area (Å²) in [7, 11) is 1.15. The van der Waals surface area contributed by atoms with E-state index in [2.05, 4.69) is 11.9 Å². The summed E-state index contributed by atoms with van der Waals surface area (Å²) in [5, 5.41) is 0. The van der Waals surface area contributed by atoms with E-state index in [1.807, 2.05) is 58.0 Å². The fraction of sp³-hybridized carbons (Fsp3) is 0.500. The molecule has 0 radical (unpaired) electrons. The molecule has 1 aliphatic heterocycles. The normalized spacial score (nSPS) is 17.2. The van der Waals surface area contributed by atoms with Crippen LogP contribution in [0.15, 0.2) is 36.5 Å². The highest BCUT2D eigenvalue weighted by Gasteiger charge is 2.52. The molecule has 1 aromatic carbocycles. The summed E-state index contributed by atoms with van der Waals surface area (Å²) in [5.41, 5.74) is 1.01. The van der Waals surface area contributed by atoms with Gasteiger partial charge in [0.05, 0.1) is 24.9 Å². The molecule has 0 spiro atoms. The van der Waals surface area contributed by atoms with E-state index in [0.29, 0.717) is 24.8 Å². The molecule has 0 amide bonds. The van der Waals surface area contributed by atoms with Gasteiger partial charge in [-0.05, 0) is 57.9 Å². The number of ether oxygens (including phenoxy) is 3. The van der Waals surface area contributed by atoms with E-state index >= 15 is 0 Å². The Labute approximate surface area is 173 Å². The lowest BCUT2D eigenvalue weighted by Gasteiger charge is -2.32. The van der Waals surface area contributed by atoms with Gasteiger partial charge in [0.15, 0.2) is 5.75 Å². The molecule has 0 unspecified atom stereocenters. The zero-order chi connectivity index (χ0) is 21.1. The van der Waals surface area contributed by atoms with Crippen molar-refractivity contribution in [2.24, 2.45) is 0 Å². The predicted octanol–water partition coefficient (Wildman–Crippen LogP) is 3.76. The average Bonchev–Trinajstić information content (AvgIpc) is 2.92. The summed E-state index contributed by atoms with van der Waals surface area (Å²) in [4.78, 5) is 4.49. The molecule has 1 aliphatic rings. The van der Waals surface area contributed by atoms with E-state index in [-0.39, 0.29) is 0 Å². The van der Waals surface area contributed by atoms with Crippen molar-refractivity contribution in [2.75, 3.05) is 13.7 Å². The molecule has 29 heavy (non-hydrogen) atoms. The first-order valence-electron chi connectivity index (χ1n) is 10.00. The van der Waals surface area contributed by atoms with Crippen molar-refractivity contribution < 1.29 is 23.5 Å². The molecule has 7 heteroatoms. The van der Waals surface area contributed by atoms with Gasteiger partial charge in [-0.3, -0.25) is 0 Å². The first kappa shape index (κ1) is 21.5. The Morgan fingerprint density at radius 2 is 1.66 bits per heavy atom. The molecule has 0 atom stereocenters. The molecule has 1 fully saturated rings. The Kier molecular flexibility index (Phi) is 6.39. The third-order valence-electron chi connectivity index (χ3n) is 5.36. The summed E-state index contributed by atoms with van der Waals surface area (Å²) >= 11 is 0. The average molecular weight is 399 g/mol. The lowest BCUT2D eigenvalue weighted by molar-refractivity contribution is 0.00578. The Morgan fingerprint density at radius 3 is 2.24 bits per heavy atom. The fourth-order valence-electron chi connectivity index (χ4n) is 2.85. The van der Waals surface area contributed by atoms with Crippen LogP contribution in [0.1, 0.15) is 46.6 Å². The van der Waals surface area contributed by atoms with Crippen LogP contribution in [0.25, 0.3) is 0 Å². The van der Waals surface area contributed by atoms with Crippen LogP contribution < -0.4 is 19.7 Å². The van der Waals surface area contributed by atoms with Crippen LogP contribution in [0.3, 0.4) is 0 Å². The van der Waals surface area contributed by atoms with E-state index in [1.54, 1.807) is 13.3 Å². The van der Waals surface area contributed by atoms with Crippen molar-refractivity contribution in [3.63, 3.8) is 0 Å². The number of methoxy groups -OCH3 is 1. The SMILES string of the molecule is CCCOc1cc(B2OC(C)(C)C(C)(C)O2)cnc1OCc1ccc(OC)cc1. The van der Waals surface area contributed by atoms with E-state index in [4.69, 9.17) is 23.5 Å². The number of nitrogens with zero attached hydrogens (tertiary/aromatic N) is 1. The smallest absolute Gasteiger partial charge is 0.496 e. The second-order valence-corrected chi connectivity index (χ2v) is 8.15. The lowest BCUT2D eigenvalue weighted by atomic mass is 9.80. The van der Waals surface area contributed by atoms with Crippen molar-refractivity contribution in [1.29, 1.82) is 0 Å². The first-order chi connectivity index (χ1) is 13.8. The molecule has 1 saturated heterocycles. The van der Waals surface area contributed by atoms with Gasteiger partial charge < -0.3 is 23.5 Å². The van der Waals surface area contributed by atoms with Gasteiger partial charge in [0.2, 0.25) is 0 Å². The minimum Gasteiger partial charge on any atom is -0.497 e. The van der Waals surface area contributed by atoms with E-state index < -0.39 is 18.3 Å². The van der Waals surface area contributed by atoms with Gasteiger partial charge in [-0.15, -0.1) is 0 Å². The Morgan fingerprint density at radius 1 is 1.00 bits per heavy atom. The highest BCUT2D eigenvalue weighted by atomic mass is 16.7. The molecule has 2 aromatic rings. The highest BCUT2D eigenvalue weighted by molar-refractivity contribution is 6.62. The third kappa shape index (κ3) is 4.85. The van der Waals surface area contributed by atoms with Gasteiger partial charge in [-0.1, -0.05) is 19.1 Å². The number of hydrogen-bond donors (Lipinski definition) is 0. The van der Waals surface area contributed by atoms with E-state index in [1.165, 1.54) is 0 Å². The van der Waals surface area contributed by atoms with Crippen molar-refractivity contribution in [3.8, 4) is 17.4 Å².